The van der Waals surface area contributed by atoms with Crippen LogP contribution in [0.1, 0.15) is 54.5 Å². The summed E-state index contributed by atoms with van der Waals surface area (Å²) in [5.41, 5.74) is 6.76. The van der Waals surface area contributed by atoms with Gasteiger partial charge >= 0.3 is 0 Å². The number of hydrogen-bond donors (Lipinski definition) is 2. The number of nitrogens with one attached hydrogen (secondary N) is 1. The maximum atomic E-state index is 13.9. The molecule has 0 saturated heterocycles. The summed E-state index contributed by atoms with van der Waals surface area (Å²) >= 11 is 0. The van der Waals surface area contributed by atoms with Gasteiger partial charge in [0, 0.05) is 23.7 Å². The second-order valence-corrected chi connectivity index (χ2v) is 8.29. The molecule has 1 aliphatic carbocycles. The van der Waals surface area contributed by atoms with Crippen LogP contribution in [-0.4, -0.2) is 24.1 Å². The van der Waals surface area contributed by atoms with Crippen LogP contribution >= 0.6 is 12.4 Å². The van der Waals surface area contributed by atoms with Gasteiger partial charge in [-0.15, -0.1) is 12.4 Å². The zero-order valence-electron chi connectivity index (χ0n) is 19.5. The van der Waals surface area contributed by atoms with Crippen LogP contribution in [0.4, 0.5) is 8.78 Å². The van der Waals surface area contributed by atoms with Gasteiger partial charge in [0.05, 0.1) is 19.3 Å². The SMILES string of the molecule is CCOc1ccc(-c2nc(C(=O)NCc3ccc(F)cc3F)c([C@H](C)N)o2)cc1OCC1CC1.Cl. The van der Waals surface area contributed by atoms with E-state index in [0.29, 0.717) is 36.2 Å². The highest BCUT2D eigenvalue weighted by molar-refractivity contribution is 5.94. The van der Waals surface area contributed by atoms with Crippen LogP contribution in [0, 0.1) is 17.6 Å². The molecular weight excluding hydrogens is 480 g/mol. The molecule has 0 spiro atoms. The highest BCUT2D eigenvalue weighted by Crippen LogP contribution is 2.36. The largest absolute Gasteiger partial charge is 0.490 e. The van der Waals surface area contributed by atoms with Crippen molar-refractivity contribution in [1.29, 1.82) is 0 Å². The summed E-state index contributed by atoms with van der Waals surface area (Å²) in [7, 11) is 0. The minimum Gasteiger partial charge on any atom is -0.490 e. The number of hydrogen-bond acceptors (Lipinski definition) is 6. The number of benzene rings is 2. The summed E-state index contributed by atoms with van der Waals surface area (Å²) in [4.78, 5) is 17.2. The Hall–Kier alpha value is -3.17. The molecule has 4 rings (SSSR count). The number of amides is 1. The lowest BCUT2D eigenvalue weighted by atomic mass is 10.2. The molecule has 7 nitrogen and oxygen atoms in total. The molecular formula is C25H28ClF2N3O4. The predicted molar refractivity (Wildman–Crippen MR) is 129 cm³/mol. The normalized spacial score (nSPS) is 13.6. The topological polar surface area (TPSA) is 99.6 Å². The summed E-state index contributed by atoms with van der Waals surface area (Å²) in [6.07, 6.45) is 2.31. The van der Waals surface area contributed by atoms with Gasteiger partial charge in [0.15, 0.2) is 23.0 Å². The first-order chi connectivity index (χ1) is 16.4. The summed E-state index contributed by atoms with van der Waals surface area (Å²) < 4.78 is 44.5. The smallest absolute Gasteiger partial charge is 0.273 e. The third kappa shape index (κ3) is 6.49. The van der Waals surface area contributed by atoms with Crippen molar-refractivity contribution in [1.82, 2.24) is 10.3 Å². The van der Waals surface area contributed by atoms with Crippen molar-refractivity contribution in [2.24, 2.45) is 11.7 Å². The molecule has 1 atom stereocenters. The first-order valence-corrected chi connectivity index (χ1v) is 11.2. The Labute approximate surface area is 208 Å². The number of rotatable bonds is 10. The van der Waals surface area contributed by atoms with E-state index in [1.807, 2.05) is 6.92 Å². The van der Waals surface area contributed by atoms with Crippen molar-refractivity contribution < 1.29 is 27.5 Å². The molecule has 2 aromatic carbocycles. The maximum Gasteiger partial charge on any atom is 0.273 e. The van der Waals surface area contributed by atoms with Crippen LogP contribution in [0.15, 0.2) is 40.8 Å². The first-order valence-electron chi connectivity index (χ1n) is 11.2. The molecule has 10 heteroatoms. The zero-order valence-corrected chi connectivity index (χ0v) is 20.3. The minimum atomic E-state index is -0.748. The monoisotopic (exact) mass is 507 g/mol. The van der Waals surface area contributed by atoms with Crippen molar-refractivity contribution in [3.05, 3.63) is 65.1 Å². The van der Waals surface area contributed by atoms with E-state index in [1.165, 1.54) is 6.07 Å². The third-order valence-corrected chi connectivity index (χ3v) is 5.40. The number of aromatic nitrogens is 1. The summed E-state index contributed by atoms with van der Waals surface area (Å²) in [6, 6.07) is 7.85. The van der Waals surface area contributed by atoms with Crippen molar-refractivity contribution in [2.75, 3.05) is 13.2 Å². The Morgan fingerprint density at radius 2 is 1.97 bits per heavy atom. The van der Waals surface area contributed by atoms with Crippen LogP contribution in [0.25, 0.3) is 11.5 Å². The Bertz CT molecular complexity index is 1180. The summed E-state index contributed by atoms with van der Waals surface area (Å²) in [6.45, 7) is 4.51. The van der Waals surface area contributed by atoms with Gasteiger partial charge in [0.1, 0.15) is 11.6 Å². The maximum absolute atomic E-state index is 13.9. The molecule has 1 saturated carbocycles. The molecule has 3 N–H and O–H groups in total. The Kier molecular flexibility index (Phi) is 8.69. The van der Waals surface area contributed by atoms with Crippen LogP contribution in [0.3, 0.4) is 0 Å². The molecule has 0 bridgehead atoms. The van der Waals surface area contributed by atoms with Gasteiger partial charge in [-0.1, -0.05) is 6.07 Å². The molecule has 188 valence electrons. The van der Waals surface area contributed by atoms with Crippen LogP contribution in [0.2, 0.25) is 0 Å². The quantitative estimate of drug-likeness (QED) is 0.392. The second kappa shape index (κ2) is 11.5. The van der Waals surface area contributed by atoms with Crippen molar-refractivity contribution in [3.63, 3.8) is 0 Å². The molecule has 0 unspecified atom stereocenters. The molecule has 0 radical (unpaired) electrons. The molecule has 35 heavy (non-hydrogen) atoms. The standard InChI is InChI=1S/C25H27F2N3O4.ClH/c1-3-32-20-9-7-16(10-21(20)33-13-15-4-5-15)25-30-22(23(34-25)14(2)28)24(31)29-12-17-6-8-18(26)11-19(17)27;/h6-11,14-15H,3-5,12-13,28H2,1-2H3,(H,29,31);1H/t14-;/m0./s1. The second-order valence-electron chi connectivity index (χ2n) is 8.29. The highest BCUT2D eigenvalue weighted by atomic mass is 35.5. The number of carbonyl (C=O) groups excluding carboxylic acids is 1. The Morgan fingerprint density at radius 3 is 2.63 bits per heavy atom. The van der Waals surface area contributed by atoms with Gasteiger partial charge in [-0.3, -0.25) is 4.79 Å². The van der Waals surface area contributed by atoms with Gasteiger partial charge in [0.25, 0.3) is 5.91 Å². The fourth-order valence-electron chi connectivity index (χ4n) is 3.37. The Morgan fingerprint density at radius 1 is 1.20 bits per heavy atom. The lowest BCUT2D eigenvalue weighted by Gasteiger charge is -2.12. The molecule has 1 amide bonds. The van der Waals surface area contributed by atoms with Gasteiger partial charge in [-0.2, -0.15) is 0 Å². The number of ether oxygens (including phenoxy) is 2. The summed E-state index contributed by atoms with van der Waals surface area (Å²) in [5, 5.41) is 2.59. The van der Waals surface area contributed by atoms with E-state index < -0.39 is 23.6 Å². The lowest BCUT2D eigenvalue weighted by molar-refractivity contribution is 0.0943. The van der Waals surface area contributed by atoms with E-state index in [-0.39, 0.29) is 41.9 Å². The zero-order chi connectivity index (χ0) is 24.2. The lowest BCUT2D eigenvalue weighted by Crippen LogP contribution is -2.25. The van der Waals surface area contributed by atoms with Crippen LogP contribution in [0.5, 0.6) is 11.5 Å². The van der Waals surface area contributed by atoms with E-state index >= 15 is 0 Å². The van der Waals surface area contributed by atoms with Gasteiger partial charge < -0.3 is 24.9 Å². The molecule has 3 aromatic rings. The molecule has 0 aliphatic heterocycles. The molecule has 1 aliphatic rings. The number of halogens is 3. The number of carbonyl (C=O) groups is 1. The number of nitrogens with two attached hydrogens (primary N) is 1. The van der Waals surface area contributed by atoms with E-state index in [1.54, 1.807) is 25.1 Å². The summed E-state index contributed by atoms with van der Waals surface area (Å²) in [5.74, 6) is 0.124. The average Bonchev–Trinajstić information content (AvgIpc) is 3.52. The highest BCUT2D eigenvalue weighted by Gasteiger charge is 2.25. The van der Waals surface area contributed by atoms with Crippen molar-refractivity contribution in [3.8, 4) is 23.0 Å². The van der Waals surface area contributed by atoms with Crippen molar-refractivity contribution in [2.45, 2.75) is 39.3 Å². The van der Waals surface area contributed by atoms with Crippen molar-refractivity contribution >= 4 is 18.3 Å². The first kappa shape index (κ1) is 26.4. The van der Waals surface area contributed by atoms with Crippen LogP contribution < -0.4 is 20.5 Å². The van der Waals surface area contributed by atoms with E-state index in [9.17, 15) is 13.6 Å². The van der Waals surface area contributed by atoms with E-state index in [0.717, 1.165) is 25.0 Å². The van der Waals surface area contributed by atoms with Gasteiger partial charge in [-0.05, 0) is 56.9 Å². The number of oxazole rings is 1. The third-order valence-electron chi connectivity index (χ3n) is 5.40. The predicted octanol–water partition coefficient (Wildman–Crippen LogP) is 5.18. The van der Waals surface area contributed by atoms with E-state index in [2.05, 4.69) is 10.3 Å². The van der Waals surface area contributed by atoms with Gasteiger partial charge in [-0.25, -0.2) is 13.8 Å². The fourth-order valence-corrected chi connectivity index (χ4v) is 3.37. The van der Waals surface area contributed by atoms with Gasteiger partial charge in [0.2, 0.25) is 5.89 Å². The van der Waals surface area contributed by atoms with Crippen LogP contribution in [-0.2, 0) is 6.54 Å². The number of nitrogens with zero attached hydrogens (tertiary/aromatic N) is 1. The minimum absolute atomic E-state index is 0. The molecule has 1 aromatic heterocycles. The average molecular weight is 508 g/mol. The molecule has 1 heterocycles. The Balaban J connectivity index is 0.00000342. The fraction of sp³-hybridized carbons (Fsp3) is 0.360. The molecule has 1 fully saturated rings. The van der Waals surface area contributed by atoms with E-state index in [4.69, 9.17) is 19.6 Å².